The smallest absolute Gasteiger partial charge is 0.196 e. The maximum atomic E-state index is 12.6. The zero-order chi connectivity index (χ0) is 15.1. The van der Waals surface area contributed by atoms with Crippen molar-refractivity contribution in [1.82, 2.24) is 0 Å². The number of Topliss-reactive ketones (excluding diaryl/α,β-unsaturated/α-hetero) is 2. The van der Waals surface area contributed by atoms with Crippen LogP contribution in [-0.2, 0) is 4.74 Å². The van der Waals surface area contributed by atoms with Crippen LogP contribution >= 0.6 is 0 Å². The Balaban J connectivity index is 2.11. The number of ketones is 2. The third-order valence-corrected chi connectivity index (χ3v) is 4.04. The van der Waals surface area contributed by atoms with Crippen LogP contribution in [-0.4, -0.2) is 40.6 Å². The number of fused-ring (bicyclic) bond motifs is 1. The predicted octanol–water partition coefficient (Wildman–Crippen LogP) is 1.63. The molecule has 21 heavy (non-hydrogen) atoms. The van der Waals surface area contributed by atoms with Crippen molar-refractivity contribution in [3.63, 3.8) is 0 Å². The summed E-state index contributed by atoms with van der Waals surface area (Å²) in [6.07, 6.45) is -0.0380. The number of benzene rings is 1. The topological polar surface area (TPSA) is 83.8 Å². The Labute approximate surface area is 121 Å². The quantitative estimate of drug-likeness (QED) is 0.864. The van der Waals surface area contributed by atoms with Gasteiger partial charge in [-0.05, 0) is 19.4 Å². The van der Waals surface area contributed by atoms with E-state index >= 15 is 0 Å². The number of aliphatic hydroxyl groups excluding tert-OH is 1. The van der Waals surface area contributed by atoms with Gasteiger partial charge in [-0.1, -0.05) is 12.1 Å². The normalized spacial score (nSPS) is 24.9. The molecule has 0 saturated carbocycles. The highest BCUT2D eigenvalue weighted by Crippen LogP contribution is 2.38. The van der Waals surface area contributed by atoms with Crippen molar-refractivity contribution in [3.05, 3.63) is 40.5 Å². The molecule has 2 aliphatic rings. The van der Waals surface area contributed by atoms with Gasteiger partial charge in [-0.2, -0.15) is 0 Å². The monoisotopic (exact) mass is 288 g/mol. The number of aromatic hydroxyl groups is 1. The maximum absolute atomic E-state index is 12.6. The van der Waals surface area contributed by atoms with Crippen molar-refractivity contribution in [2.24, 2.45) is 0 Å². The van der Waals surface area contributed by atoms with Gasteiger partial charge >= 0.3 is 0 Å². The molecular formula is C16H16O5. The van der Waals surface area contributed by atoms with Crippen LogP contribution in [0.15, 0.2) is 29.3 Å². The summed E-state index contributed by atoms with van der Waals surface area (Å²) >= 11 is 0. The minimum Gasteiger partial charge on any atom is -0.507 e. The average molecular weight is 288 g/mol. The van der Waals surface area contributed by atoms with Crippen molar-refractivity contribution in [2.45, 2.75) is 32.0 Å². The molecule has 5 heteroatoms. The molecule has 0 unspecified atom stereocenters. The van der Waals surface area contributed by atoms with Crippen LogP contribution in [0, 0.1) is 0 Å². The molecule has 0 saturated heterocycles. The molecule has 0 fully saturated rings. The minimum absolute atomic E-state index is 0.0283. The number of rotatable bonds is 2. The van der Waals surface area contributed by atoms with Crippen molar-refractivity contribution in [3.8, 4) is 5.75 Å². The Kier molecular flexibility index (Phi) is 3.39. The number of hydrogen-bond donors (Lipinski definition) is 2. The lowest BCUT2D eigenvalue weighted by atomic mass is 9.78. The molecule has 0 aromatic heterocycles. The summed E-state index contributed by atoms with van der Waals surface area (Å²) in [6, 6.07) is 4.51. The molecule has 2 atom stereocenters. The van der Waals surface area contributed by atoms with Crippen molar-refractivity contribution in [1.29, 1.82) is 0 Å². The van der Waals surface area contributed by atoms with E-state index in [9.17, 15) is 14.7 Å². The standard InChI is InChI=1S/C16H16O5/c1-8-13-11(7-9(21-8)5-6-17)15(19)10-3-2-4-12(18)14(10)16(13)20/h2-4,8-9,17-18H,5-7H2,1H3/t8-,9-/m0/s1. The highest BCUT2D eigenvalue weighted by atomic mass is 16.5. The van der Waals surface area contributed by atoms with Crippen LogP contribution in [0.4, 0.5) is 0 Å². The van der Waals surface area contributed by atoms with Gasteiger partial charge in [-0.15, -0.1) is 0 Å². The molecular weight excluding hydrogens is 272 g/mol. The van der Waals surface area contributed by atoms with Gasteiger partial charge in [0.25, 0.3) is 0 Å². The molecule has 0 radical (unpaired) electrons. The van der Waals surface area contributed by atoms with E-state index in [0.29, 0.717) is 24.0 Å². The Morgan fingerprint density at radius 2 is 2.05 bits per heavy atom. The van der Waals surface area contributed by atoms with E-state index < -0.39 is 6.10 Å². The van der Waals surface area contributed by atoms with E-state index in [1.807, 2.05) is 0 Å². The molecule has 3 rings (SSSR count). The average Bonchev–Trinajstić information content (AvgIpc) is 2.44. The fraction of sp³-hybridized carbons (Fsp3) is 0.375. The second-order valence-electron chi connectivity index (χ2n) is 5.37. The van der Waals surface area contributed by atoms with Crippen LogP contribution in [0.2, 0.25) is 0 Å². The van der Waals surface area contributed by atoms with Gasteiger partial charge in [0.1, 0.15) is 5.75 Å². The van der Waals surface area contributed by atoms with E-state index in [2.05, 4.69) is 0 Å². The third-order valence-electron chi connectivity index (χ3n) is 4.04. The number of phenolic OH excluding ortho intramolecular Hbond substituents is 1. The molecule has 0 amide bonds. The SMILES string of the molecule is C[C@@H]1O[C@@H](CCO)CC2=C1C(=O)c1c(O)cccc1C2=O. The molecule has 5 nitrogen and oxygen atoms in total. The number of phenols is 1. The lowest BCUT2D eigenvalue weighted by Gasteiger charge is -2.34. The maximum Gasteiger partial charge on any atom is 0.196 e. The fourth-order valence-electron chi connectivity index (χ4n) is 3.10. The first-order valence-corrected chi connectivity index (χ1v) is 6.95. The van der Waals surface area contributed by atoms with Gasteiger partial charge < -0.3 is 14.9 Å². The molecule has 1 aliphatic heterocycles. The summed E-state index contributed by atoms with van der Waals surface area (Å²) in [7, 11) is 0. The van der Waals surface area contributed by atoms with Crippen molar-refractivity contribution >= 4 is 11.6 Å². The van der Waals surface area contributed by atoms with E-state index in [1.165, 1.54) is 6.07 Å². The van der Waals surface area contributed by atoms with Crippen LogP contribution in [0.1, 0.15) is 40.5 Å². The fourth-order valence-corrected chi connectivity index (χ4v) is 3.10. The predicted molar refractivity (Wildman–Crippen MR) is 74.4 cm³/mol. The Bertz CT molecular complexity index is 659. The first-order valence-electron chi connectivity index (χ1n) is 6.95. The first-order chi connectivity index (χ1) is 10.0. The largest absolute Gasteiger partial charge is 0.507 e. The molecule has 0 spiro atoms. The summed E-state index contributed by atoms with van der Waals surface area (Å²) < 4.78 is 5.70. The van der Waals surface area contributed by atoms with E-state index in [-0.39, 0.29) is 41.2 Å². The molecule has 0 bridgehead atoms. The van der Waals surface area contributed by atoms with E-state index in [4.69, 9.17) is 9.84 Å². The van der Waals surface area contributed by atoms with Crippen LogP contribution in [0.5, 0.6) is 5.75 Å². The second-order valence-corrected chi connectivity index (χ2v) is 5.37. The molecule has 1 aliphatic carbocycles. The Morgan fingerprint density at radius 1 is 1.29 bits per heavy atom. The van der Waals surface area contributed by atoms with Crippen molar-refractivity contribution < 1.29 is 24.5 Å². The lowest BCUT2D eigenvalue weighted by molar-refractivity contribution is -0.00757. The van der Waals surface area contributed by atoms with Gasteiger partial charge in [-0.25, -0.2) is 0 Å². The number of ether oxygens (including phenoxy) is 1. The summed E-state index contributed by atoms with van der Waals surface area (Å²) in [5.74, 6) is -0.747. The van der Waals surface area contributed by atoms with Crippen LogP contribution in [0.25, 0.3) is 0 Å². The van der Waals surface area contributed by atoms with Crippen molar-refractivity contribution in [2.75, 3.05) is 6.61 Å². The molecule has 2 N–H and O–H groups in total. The number of hydrogen-bond acceptors (Lipinski definition) is 5. The van der Waals surface area contributed by atoms with Crippen LogP contribution < -0.4 is 0 Å². The van der Waals surface area contributed by atoms with Crippen LogP contribution in [0.3, 0.4) is 0 Å². The number of carbonyl (C=O) groups is 2. The zero-order valence-corrected chi connectivity index (χ0v) is 11.6. The summed E-state index contributed by atoms with van der Waals surface area (Å²) in [4.78, 5) is 25.2. The molecule has 1 aromatic rings. The van der Waals surface area contributed by atoms with Gasteiger partial charge in [0, 0.05) is 29.7 Å². The minimum atomic E-state index is -0.519. The van der Waals surface area contributed by atoms with E-state index in [0.717, 1.165) is 0 Å². The molecule has 1 heterocycles. The summed E-state index contributed by atoms with van der Waals surface area (Å²) in [6.45, 7) is 1.69. The zero-order valence-electron chi connectivity index (χ0n) is 11.6. The highest BCUT2D eigenvalue weighted by Gasteiger charge is 2.40. The lowest BCUT2D eigenvalue weighted by Crippen LogP contribution is -2.37. The first kappa shape index (κ1) is 14.0. The third kappa shape index (κ3) is 2.09. The second kappa shape index (κ2) is 5.09. The molecule has 1 aromatic carbocycles. The van der Waals surface area contributed by atoms with Gasteiger partial charge in [0.05, 0.1) is 17.8 Å². The number of carbonyl (C=O) groups excluding carboxylic acids is 2. The van der Waals surface area contributed by atoms with Gasteiger partial charge in [0.2, 0.25) is 0 Å². The van der Waals surface area contributed by atoms with Gasteiger partial charge in [0.15, 0.2) is 11.6 Å². The Morgan fingerprint density at radius 3 is 2.76 bits per heavy atom. The molecule has 110 valence electrons. The summed E-state index contributed by atoms with van der Waals surface area (Å²) in [5, 5.41) is 18.9. The summed E-state index contributed by atoms with van der Waals surface area (Å²) in [5.41, 5.74) is 1.10. The van der Waals surface area contributed by atoms with Gasteiger partial charge in [-0.3, -0.25) is 9.59 Å². The van der Waals surface area contributed by atoms with E-state index in [1.54, 1.807) is 19.1 Å². The Hall–Kier alpha value is -1.98. The number of aliphatic hydroxyl groups is 1. The highest BCUT2D eigenvalue weighted by molar-refractivity contribution is 6.28.